The van der Waals surface area contributed by atoms with Gasteiger partial charge in [0.1, 0.15) is 11.3 Å². The smallest absolute Gasteiger partial charge is 0.269 e. The fourth-order valence-corrected chi connectivity index (χ4v) is 3.74. The van der Waals surface area contributed by atoms with E-state index in [0.717, 1.165) is 5.56 Å². The molecule has 0 amide bonds. The number of benzene rings is 2. The van der Waals surface area contributed by atoms with Crippen molar-refractivity contribution in [3.05, 3.63) is 93.1 Å². The molecule has 7 heteroatoms. The van der Waals surface area contributed by atoms with Crippen LogP contribution in [-0.4, -0.2) is 16.7 Å². The molecule has 0 spiro atoms. The molecule has 5 rings (SSSR count). The molecular weight excluding hydrogens is 396 g/mol. The van der Waals surface area contributed by atoms with Crippen LogP contribution in [0.3, 0.4) is 0 Å². The van der Waals surface area contributed by atoms with E-state index in [-0.39, 0.29) is 22.3 Å². The first-order valence-corrected chi connectivity index (χ1v) is 9.74. The summed E-state index contributed by atoms with van der Waals surface area (Å²) in [7, 11) is 1.53. The summed E-state index contributed by atoms with van der Waals surface area (Å²) in [4.78, 5) is 31.4. The number of hydrogen-bond acceptors (Lipinski definition) is 6. The molecule has 7 nitrogen and oxygen atoms in total. The second-order valence-electron chi connectivity index (χ2n) is 7.15. The van der Waals surface area contributed by atoms with Crippen molar-refractivity contribution in [3.63, 3.8) is 0 Å². The Morgan fingerprint density at radius 1 is 1.03 bits per heavy atom. The molecule has 0 aliphatic rings. The predicted octanol–water partition coefficient (Wildman–Crippen LogP) is 4.38. The van der Waals surface area contributed by atoms with E-state index in [9.17, 15) is 9.59 Å². The highest BCUT2D eigenvalue weighted by Crippen LogP contribution is 2.27. The average Bonchev–Trinajstić information content (AvgIpc) is 3.33. The molecular formula is C24H18N2O5. The van der Waals surface area contributed by atoms with Gasteiger partial charge in [0.15, 0.2) is 17.0 Å². The lowest BCUT2D eigenvalue weighted by Crippen LogP contribution is -2.30. The lowest BCUT2D eigenvalue weighted by atomic mass is 10.1. The van der Waals surface area contributed by atoms with Crippen molar-refractivity contribution in [2.75, 3.05) is 7.11 Å². The van der Waals surface area contributed by atoms with E-state index < -0.39 is 17.0 Å². The number of fused-ring (bicyclic) bond motifs is 2. The maximum absolute atomic E-state index is 13.6. The molecule has 0 aliphatic heterocycles. The first-order chi connectivity index (χ1) is 15.1. The summed E-state index contributed by atoms with van der Waals surface area (Å²) in [6.07, 6.45) is 1.50. The lowest BCUT2D eigenvalue weighted by molar-refractivity contribution is 0.414. The summed E-state index contributed by atoms with van der Waals surface area (Å²) >= 11 is 0. The number of nitrogens with zero attached hydrogens (tertiary/aromatic N) is 2. The van der Waals surface area contributed by atoms with Gasteiger partial charge in [-0.25, -0.2) is 0 Å². The van der Waals surface area contributed by atoms with E-state index in [0.29, 0.717) is 17.1 Å². The molecule has 0 saturated carbocycles. The van der Waals surface area contributed by atoms with E-state index in [1.165, 1.54) is 17.9 Å². The van der Waals surface area contributed by atoms with Crippen molar-refractivity contribution < 1.29 is 13.6 Å². The second-order valence-corrected chi connectivity index (χ2v) is 7.15. The first-order valence-electron chi connectivity index (χ1n) is 9.74. The number of hydrogen-bond donors (Lipinski definition) is 0. The van der Waals surface area contributed by atoms with E-state index in [1.807, 2.05) is 37.3 Å². The molecule has 3 heterocycles. The summed E-state index contributed by atoms with van der Waals surface area (Å²) in [6.45, 7) is 1.88. The van der Waals surface area contributed by atoms with Gasteiger partial charge in [0.25, 0.3) is 5.56 Å². The SMILES string of the molecule is COc1ccc2c(=O)c3c(=O)n([C@H](C)c4ccccc4)c(-c4ccco4)nc3oc2c1. The standard InChI is InChI=1S/C24H18N2O5/c1-14(15-7-4-3-5-8-15)26-22(18-9-6-12-30-18)25-23-20(24(26)28)21(27)17-11-10-16(29-2)13-19(17)31-23/h3-14H,1-2H3/t14-/m1/s1. The highest BCUT2D eigenvalue weighted by atomic mass is 16.5. The minimum Gasteiger partial charge on any atom is -0.497 e. The van der Waals surface area contributed by atoms with Crippen LogP contribution in [0, 0.1) is 0 Å². The topological polar surface area (TPSA) is 87.5 Å². The molecule has 3 aromatic heterocycles. The van der Waals surface area contributed by atoms with Gasteiger partial charge in [0, 0.05) is 6.07 Å². The third kappa shape index (κ3) is 3.02. The highest BCUT2D eigenvalue weighted by Gasteiger charge is 2.23. The van der Waals surface area contributed by atoms with Gasteiger partial charge >= 0.3 is 0 Å². The molecule has 0 aliphatic carbocycles. The number of aromatic nitrogens is 2. The van der Waals surface area contributed by atoms with E-state index >= 15 is 0 Å². The van der Waals surface area contributed by atoms with Crippen LogP contribution in [0.1, 0.15) is 18.5 Å². The van der Waals surface area contributed by atoms with Crippen molar-refractivity contribution in [2.45, 2.75) is 13.0 Å². The fourth-order valence-electron chi connectivity index (χ4n) is 3.74. The Kier molecular flexibility index (Phi) is 4.43. The zero-order chi connectivity index (χ0) is 21.5. The summed E-state index contributed by atoms with van der Waals surface area (Å²) < 4.78 is 18.1. The Morgan fingerprint density at radius 3 is 2.55 bits per heavy atom. The van der Waals surface area contributed by atoms with Crippen LogP contribution in [0.4, 0.5) is 0 Å². The minimum atomic E-state index is -0.487. The van der Waals surface area contributed by atoms with Gasteiger partial charge in [0.05, 0.1) is 24.8 Å². The molecule has 154 valence electrons. The zero-order valence-electron chi connectivity index (χ0n) is 16.9. The highest BCUT2D eigenvalue weighted by molar-refractivity contribution is 5.88. The Labute approximate surface area is 176 Å². The van der Waals surface area contributed by atoms with Gasteiger partial charge in [-0.1, -0.05) is 30.3 Å². The van der Waals surface area contributed by atoms with Crippen LogP contribution in [0.15, 0.2) is 85.4 Å². The Balaban J connectivity index is 1.89. The number of rotatable bonds is 4. The van der Waals surface area contributed by atoms with Gasteiger partial charge in [0.2, 0.25) is 11.1 Å². The van der Waals surface area contributed by atoms with Crippen LogP contribution < -0.4 is 15.7 Å². The van der Waals surface area contributed by atoms with Crippen LogP contribution in [0.5, 0.6) is 5.75 Å². The average molecular weight is 414 g/mol. The fraction of sp³-hybridized carbons (Fsp3) is 0.125. The van der Waals surface area contributed by atoms with E-state index in [1.54, 1.807) is 30.3 Å². The van der Waals surface area contributed by atoms with Crippen molar-refractivity contribution in [1.82, 2.24) is 9.55 Å². The normalized spacial score (nSPS) is 12.3. The molecule has 1 atom stereocenters. The van der Waals surface area contributed by atoms with Crippen LogP contribution in [0.2, 0.25) is 0 Å². The zero-order valence-corrected chi connectivity index (χ0v) is 16.9. The predicted molar refractivity (Wildman–Crippen MR) is 117 cm³/mol. The third-order valence-corrected chi connectivity index (χ3v) is 5.36. The molecule has 0 fully saturated rings. The monoisotopic (exact) mass is 414 g/mol. The Hall–Kier alpha value is -4.13. The first kappa shape index (κ1) is 18.9. The summed E-state index contributed by atoms with van der Waals surface area (Å²) in [5.74, 6) is 1.21. The summed E-state index contributed by atoms with van der Waals surface area (Å²) in [5.41, 5.74) is 0.228. The van der Waals surface area contributed by atoms with Crippen LogP contribution >= 0.6 is 0 Å². The summed E-state index contributed by atoms with van der Waals surface area (Å²) in [5, 5.41) is 0.188. The van der Waals surface area contributed by atoms with Crippen molar-refractivity contribution in [3.8, 4) is 17.3 Å². The maximum Gasteiger partial charge on any atom is 0.269 e. The third-order valence-electron chi connectivity index (χ3n) is 5.36. The molecule has 5 aromatic rings. The van der Waals surface area contributed by atoms with Crippen LogP contribution in [0.25, 0.3) is 33.7 Å². The van der Waals surface area contributed by atoms with Gasteiger partial charge in [-0.2, -0.15) is 4.98 Å². The summed E-state index contributed by atoms with van der Waals surface area (Å²) in [6, 6.07) is 17.4. The lowest BCUT2D eigenvalue weighted by Gasteiger charge is -2.19. The second kappa shape index (κ2) is 7.28. The van der Waals surface area contributed by atoms with Crippen LogP contribution in [-0.2, 0) is 0 Å². The molecule has 2 aromatic carbocycles. The largest absolute Gasteiger partial charge is 0.497 e. The van der Waals surface area contributed by atoms with Gasteiger partial charge in [-0.05, 0) is 36.8 Å². The molecule has 0 unspecified atom stereocenters. The van der Waals surface area contributed by atoms with E-state index in [2.05, 4.69) is 4.98 Å². The quantitative estimate of drug-likeness (QED) is 0.406. The number of furan rings is 1. The Morgan fingerprint density at radius 2 is 1.84 bits per heavy atom. The van der Waals surface area contributed by atoms with Crippen molar-refractivity contribution >= 4 is 22.1 Å². The van der Waals surface area contributed by atoms with Crippen molar-refractivity contribution in [2.24, 2.45) is 0 Å². The molecule has 0 bridgehead atoms. The van der Waals surface area contributed by atoms with Crippen molar-refractivity contribution in [1.29, 1.82) is 0 Å². The molecule has 0 radical (unpaired) electrons. The number of ether oxygens (including phenoxy) is 1. The number of methoxy groups -OCH3 is 1. The Bertz CT molecular complexity index is 1520. The maximum atomic E-state index is 13.6. The van der Waals surface area contributed by atoms with Gasteiger partial charge < -0.3 is 13.6 Å². The van der Waals surface area contributed by atoms with E-state index in [4.69, 9.17) is 13.6 Å². The molecule has 0 N–H and O–H groups in total. The van der Waals surface area contributed by atoms with Gasteiger partial charge in [-0.15, -0.1) is 0 Å². The van der Waals surface area contributed by atoms with Gasteiger partial charge in [-0.3, -0.25) is 14.2 Å². The minimum absolute atomic E-state index is 0.0429. The molecule has 0 saturated heterocycles. The molecule has 31 heavy (non-hydrogen) atoms.